The molecule has 0 saturated carbocycles. The lowest BCUT2D eigenvalue weighted by Gasteiger charge is -2.21. The van der Waals surface area contributed by atoms with Crippen molar-refractivity contribution in [2.45, 2.75) is 18.9 Å². The summed E-state index contributed by atoms with van der Waals surface area (Å²) in [7, 11) is 0. The summed E-state index contributed by atoms with van der Waals surface area (Å²) in [6, 6.07) is 3.22. The fourth-order valence-electron chi connectivity index (χ4n) is 1.28. The summed E-state index contributed by atoms with van der Waals surface area (Å²) in [6.45, 7) is 1.27. The van der Waals surface area contributed by atoms with Crippen molar-refractivity contribution < 1.29 is 23.4 Å². The van der Waals surface area contributed by atoms with Crippen LogP contribution in [0.5, 0.6) is 5.75 Å². The van der Waals surface area contributed by atoms with Crippen molar-refractivity contribution >= 4 is 5.97 Å². The number of phenols is 1. The second-order valence-corrected chi connectivity index (χ2v) is 3.42. The van der Waals surface area contributed by atoms with Crippen LogP contribution in [0.1, 0.15) is 18.5 Å². The number of rotatable bonds is 4. The van der Waals surface area contributed by atoms with Gasteiger partial charge in [0.25, 0.3) is 0 Å². The van der Waals surface area contributed by atoms with Crippen molar-refractivity contribution in [1.82, 2.24) is 0 Å². The summed E-state index contributed by atoms with van der Waals surface area (Å²) in [5.74, 6) is -5.70. The Hall–Kier alpha value is -1.69. The van der Waals surface area contributed by atoms with Crippen LogP contribution < -0.4 is 5.73 Å². The van der Waals surface area contributed by atoms with Crippen molar-refractivity contribution in [3.63, 3.8) is 0 Å². The van der Waals surface area contributed by atoms with Crippen LogP contribution in [0, 0.1) is 0 Å². The first-order valence-corrected chi connectivity index (χ1v) is 4.99. The minimum atomic E-state index is -3.83. The quantitative estimate of drug-likeness (QED) is 0.790. The van der Waals surface area contributed by atoms with Gasteiger partial charge in [-0.1, -0.05) is 12.1 Å². The number of hydrogen-bond donors (Lipinski definition) is 2. The van der Waals surface area contributed by atoms with Crippen molar-refractivity contribution in [1.29, 1.82) is 0 Å². The second-order valence-electron chi connectivity index (χ2n) is 3.42. The zero-order valence-electron chi connectivity index (χ0n) is 9.19. The number of benzene rings is 1. The summed E-state index contributed by atoms with van der Waals surface area (Å²) >= 11 is 0. The van der Waals surface area contributed by atoms with Crippen molar-refractivity contribution in [3.8, 4) is 5.75 Å². The molecular weight excluding hydrogens is 232 g/mol. The molecule has 0 amide bonds. The standard InChI is InChI=1S/C11H13F2NO3/c1-2-17-10(16)11(12,13)9(14)7-4-3-5-8(15)6-7/h3-6,9,15H,2,14H2,1H3/t9-/m0/s1. The fourth-order valence-corrected chi connectivity index (χ4v) is 1.28. The van der Waals surface area contributed by atoms with Gasteiger partial charge in [-0.05, 0) is 24.6 Å². The Morgan fingerprint density at radius 3 is 2.76 bits per heavy atom. The maximum Gasteiger partial charge on any atom is 0.379 e. The van der Waals surface area contributed by atoms with Gasteiger partial charge in [0.2, 0.25) is 0 Å². The molecule has 0 saturated heterocycles. The normalized spacial score (nSPS) is 13.2. The van der Waals surface area contributed by atoms with Crippen LogP contribution in [0.4, 0.5) is 8.78 Å². The van der Waals surface area contributed by atoms with Gasteiger partial charge in [-0.3, -0.25) is 0 Å². The monoisotopic (exact) mass is 245 g/mol. The first-order valence-electron chi connectivity index (χ1n) is 4.99. The van der Waals surface area contributed by atoms with Crippen LogP contribution in [-0.4, -0.2) is 23.6 Å². The molecule has 6 heteroatoms. The molecule has 1 aromatic rings. The van der Waals surface area contributed by atoms with Crippen LogP contribution in [-0.2, 0) is 9.53 Å². The van der Waals surface area contributed by atoms with Gasteiger partial charge in [-0.2, -0.15) is 8.78 Å². The first-order chi connectivity index (χ1) is 7.89. The number of carbonyl (C=O) groups is 1. The molecular formula is C11H13F2NO3. The third kappa shape index (κ3) is 2.91. The van der Waals surface area contributed by atoms with E-state index in [0.29, 0.717) is 0 Å². The number of nitrogens with two attached hydrogens (primary N) is 1. The Labute approximate surface area is 97.0 Å². The number of aromatic hydroxyl groups is 1. The highest BCUT2D eigenvalue weighted by Gasteiger charge is 2.47. The Balaban J connectivity index is 2.95. The molecule has 0 heterocycles. The van der Waals surface area contributed by atoms with Crippen molar-refractivity contribution in [2.75, 3.05) is 6.61 Å². The van der Waals surface area contributed by atoms with E-state index in [2.05, 4.69) is 4.74 Å². The lowest BCUT2D eigenvalue weighted by Crippen LogP contribution is -2.41. The van der Waals surface area contributed by atoms with E-state index in [0.717, 1.165) is 6.07 Å². The van der Waals surface area contributed by atoms with Crippen LogP contribution in [0.15, 0.2) is 24.3 Å². The fraction of sp³-hybridized carbons (Fsp3) is 0.364. The Kier molecular flexibility index (Phi) is 4.01. The third-order valence-corrected chi connectivity index (χ3v) is 2.17. The minimum Gasteiger partial charge on any atom is -0.508 e. The molecule has 1 atom stereocenters. The molecule has 0 aliphatic rings. The summed E-state index contributed by atoms with van der Waals surface area (Å²) in [4.78, 5) is 11.0. The van der Waals surface area contributed by atoms with E-state index in [-0.39, 0.29) is 17.9 Å². The van der Waals surface area contributed by atoms with Crippen LogP contribution in [0.3, 0.4) is 0 Å². The van der Waals surface area contributed by atoms with E-state index in [9.17, 15) is 13.6 Å². The highest BCUT2D eigenvalue weighted by molar-refractivity contribution is 5.78. The molecule has 0 aromatic heterocycles. The number of alkyl halides is 2. The summed E-state index contributed by atoms with van der Waals surface area (Å²) in [6.07, 6.45) is 0. The number of esters is 1. The summed E-state index contributed by atoms with van der Waals surface area (Å²) < 4.78 is 31.3. The van der Waals surface area contributed by atoms with Gasteiger partial charge < -0.3 is 15.6 Å². The first kappa shape index (κ1) is 13.4. The zero-order valence-corrected chi connectivity index (χ0v) is 9.19. The molecule has 0 unspecified atom stereocenters. The average molecular weight is 245 g/mol. The zero-order chi connectivity index (χ0) is 13.1. The van der Waals surface area contributed by atoms with E-state index >= 15 is 0 Å². The highest BCUT2D eigenvalue weighted by Crippen LogP contribution is 2.31. The molecule has 0 aliphatic carbocycles. The largest absolute Gasteiger partial charge is 0.508 e. The van der Waals surface area contributed by atoms with E-state index in [4.69, 9.17) is 10.8 Å². The molecule has 1 rings (SSSR count). The third-order valence-electron chi connectivity index (χ3n) is 2.17. The summed E-state index contributed by atoms with van der Waals surface area (Å²) in [5, 5.41) is 9.15. The lowest BCUT2D eigenvalue weighted by molar-refractivity contribution is -0.174. The Morgan fingerprint density at radius 2 is 2.24 bits per heavy atom. The van der Waals surface area contributed by atoms with E-state index in [1.54, 1.807) is 0 Å². The molecule has 17 heavy (non-hydrogen) atoms. The van der Waals surface area contributed by atoms with Gasteiger partial charge in [0.1, 0.15) is 11.8 Å². The molecule has 94 valence electrons. The maximum atomic E-state index is 13.5. The molecule has 0 radical (unpaired) electrons. The van der Waals surface area contributed by atoms with Gasteiger partial charge in [0.05, 0.1) is 6.61 Å². The molecule has 0 fully saturated rings. The molecule has 3 N–H and O–H groups in total. The van der Waals surface area contributed by atoms with Gasteiger partial charge >= 0.3 is 11.9 Å². The average Bonchev–Trinajstić information content (AvgIpc) is 2.28. The molecule has 0 bridgehead atoms. The van der Waals surface area contributed by atoms with Crippen LogP contribution >= 0.6 is 0 Å². The number of carbonyl (C=O) groups excluding carboxylic acids is 1. The number of halogens is 2. The number of hydrogen-bond acceptors (Lipinski definition) is 4. The van der Waals surface area contributed by atoms with Gasteiger partial charge in [0, 0.05) is 0 Å². The molecule has 4 nitrogen and oxygen atoms in total. The van der Waals surface area contributed by atoms with Gasteiger partial charge in [-0.25, -0.2) is 4.79 Å². The topological polar surface area (TPSA) is 72.5 Å². The predicted octanol–water partition coefficient (Wildman–Crippen LogP) is 1.59. The van der Waals surface area contributed by atoms with Crippen LogP contribution in [0.2, 0.25) is 0 Å². The van der Waals surface area contributed by atoms with Crippen LogP contribution in [0.25, 0.3) is 0 Å². The highest BCUT2D eigenvalue weighted by atomic mass is 19.3. The number of phenolic OH excluding ortho intramolecular Hbond substituents is 1. The maximum absolute atomic E-state index is 13.5. The summed E-state index contributed by atoms with van der Waals surface area (Å²) in [5.41, 5.74) is 5.27. The molecule has 0 aliphatic heterocycles. The molecule has 0 spiro atoms. The van der Waals surface area contributed by atoms with Gasteiger partial charge in [0.15, 0.2) is 0 Å². The number of ether oxygens (including phenoxy) is 1. The van der Waals surface area contributed by atoms with E-state index in [1.807, 2.05) is 0 Å². The van der Waals surface area contributed by atoms with Crippen molar-refractivity contribution in [3.05, 3.63) is 29.8 Å². The minimum absolute atomic E-state index is 0.0388. The predicted molar refractivity (Wildman–Crippen MR) is 56.6 cm³/mol. The Bertz CT molecular complexity index is 409. The Morgan fingerprint density at radius 1 is 1.59 bits per heavy atom. The smallest absolute Gasteiger partial charge is 0.379 e. The lowest BCUT2D eigenvalue weighted by atomic mass is 10.0. The second kappa shape index (κ2) is 5.09. The SMILES string of the molecule is CCOC(=O)C(F)(F)[C@@H](N)c1cccc(O)c1. The van der Waals surface area contributed by atoms with E-state index < -0.39 is 17.9 Å². The van der Waals surface area contributed by atoms with Crippen molar-refractivity contribution in [2.24, 2.45) is 5.73 Å². The van der Waals surface area contributed by atoms with E-state index in [1.165, 1.54) is 25.1 Å². The van der Waals surface area contributed by atoms with Gasteiger partial charge in [-0.15, -0.1) is 0 Å². The molecule has 1 aromatic carbocycles.